The molecule has 0 fully saturated rings. The van der Waals surface area contributed by atoms with Crippen LogP contribution < -0.4 is 10.1 Å². The van der Waals surface area contributed by atoms with E-state index in [9.17, 15) is 4.79 Å². The number of aryl methyl sites for hydroxylation is 2. The molecule has 0 bridgehead atoms. The number of benzene rings is 1. The maximum absolute atomic E-state index is 11.5. The summed E-state index contributed by atoms with van der Waals surface area (Å²) < 4.78 is 9.83. The second-order valence-electron chi connectivity index (χ2n) is 4.62. The lowest BCUT2D eigenvalue weighted by molar-refractivity contribution is 0.187. The summed E-state index contributed by atoms with van der Waals surface area (Å²) in [5.41, 5.74) is 4.14. The van der Waals surface area contributed by atoms with Gasteiger partial charge in [-0.3, -0.25) is 10.3 Å². The highest BCUT2D eigenvalue weighted by atomic mass is 16.5. The Hall–Kier alpha value is -2.56. The van der Waals surface area contributed by atoms with Gasteiger partial charge in [0.05, 0.1) is 25.6 Å². The van der Waals surface area contributed by atoms with E-state index >= 15 is 0 Å². The number of pyridine rings is 1. The molecule has 0 saturated carbocycles. The van der Waals surface area contributed by atoms with Gasteiger partial charge in [0.1, 0.15) is 5.75 Å². The van der Waals surface area contributed by atoms with Gasteiger partial charge >= 0.3 is 6.09 Å². The van der Waals surface area contributed by atoms with Crippen LogP contribution in [0.25, 0.3) is 11.1 Å². The van der Waals surface area contributed by atoms with Gasteiger partial charge in [-0.2, -0.15) is 0 Å². The number of carbonyl (C=O) groups excluding carboxylic acids is 1. The van der Waals surface area contributed by atoms with Crippen LogP contribution in [0.5, 0.6) is 5.75 Å². The lowest BCUT2D eigenvalue weighted by Crippen LogP contribution is -2.13. The number of methoxy groups -OCH3 is 2. The van der Waals surface area contributed by atoms with Crippen LogP contribution in [0.15, 0.2) is 30.3 Å². The van der Waals surface area contributed by atoms with E-state index in [0.717, 1.165) is 28.3 Å². The zero-order chi connectivity index (χ0) is 15.4. The number of anilines is 1. The number of aromatic nitrogens is 1. The maximum Gasteiger partial charge on any atom is 0.411 e. The van der Waals surface area contributed by atoms with Crippen molar-refractivity contribution in [2.75, 3.05) is 19.5 Å². The molecule has 0 saturated heterocycles. The number of rotatable bonds is 3. The summed E-state index contributed by atoms with van der Waals surface area (Å²) in [6, 6.07) is 9.57. The summed E-state index contributed by atoms with van der Waals surface area (Å²) >= 11 is 0. The summed E-state index contributed by atoms with van der Waals surface area (Å²) in [5.74, 6) is 0.781. The Kier molecular flexibility index (Phi) is 4.42. The van der Waals surface area contributed by atoms with Gasteiger partial charge in [0.2, 0.25) is 0 Å². The van der Waals surface area contributed by atoms with Crippen LogP contribution in [0.3, 0.4) is 0 Å². The van der Waals surface area contributed by atoms with Crippen molar-refractivity contribution in [3.8, 4) is 16.9 Å². The zero-order valence-electron chi connectivity index (χ0n) is 12.6. The lowest BCUT2D eigenvalue weighted by Gasteiger charge is -2.14. The Morgan fingerprint density at radius 2 is 1.81 bits per heavy atom. The maximum atomic E-state index is 11.5. The van der Waals surface area contributed by atoms with Crippen LogP contribution in [-0.2, 0) is 4.74 Å². The normalized spacial score (nSPS) is 10.1. The minimum absolute atomic E-state index is 0.515. The largest absolute Gasteiger partial charge is 0.497 e. The van der Waals surface area contributed by atoms with E-state index in [1.54, 1.807) is 7.11 Å². The number of nitrogens with zero attached hydrogens (tertiary/aromatic N) is 1. The molecule has 0 aliphatic carbocycles. The Bertz CT molecular complexity index is 651. The van der Waals surface area contributed by atoms with Gasteiger partial charge in [0.25, 0.3) is 0 Å². The number of carbonyl (C=O) groups is 1. The average molecular weight is 286 g/mol. The standard InChI is InChI=1S/C16H18N2O3/c1-10-9-14(12-5-7-13(20-3)8-6-12)15(11(2)17-10)18-16(19)21-4/h5-9H,1-4H3,(H,18,19). The third-order valence-corrected chi connectivity index (χ3v) is 3.14. The first-order valence-electron chi connectivity index (χ1n) is 6.52. The van der Waals surface area contributed by atoms with E-state index in [-0.39, 0.29) is 0 Å². The van der Waals surface area contributed by atoms with Crippen molar-refractivity contribution in [1.29, 1.82) is 0 Å². The molecule has 0 unspecified atom stereocenters. The van der Waals surface area contributed by atoms with Crippen LogP contribution in [0.4, 0.5) is 10.5 Å². The number of hydrogen-bond acceptors (Lipinski definition) is 4. The molecule has 0 aliphatic heterocycles. The first-order chi connectivity index (χ1) is 10.0. The molecule has 1 amide bonds. The number of nitrogens with one attached hydrogen (secondary N) is 1. The fourth-order valence-corrected chi connectivity index (χ4v) is 2.14. The van der Waals surface area contributed by atoms with Gasteiger partial charge in [-0.15, -0.1) is 0 Å². The third-order valence-electron chi connectivity index (χ3n) is 3.14. The smallest absolute Gasteiger partial charge is 0.411 e. The molecule has 0 spiro atoms. The van der Waals surface area contributed by atoms with Gasteiger partial charge in [0.15, 0.2) is 0 Å². The van der Waals surface area contributed by atoms with E-state index in [0.29, 0.717) is 5.69 Å². The molecule has 2 aromatic rings. The van der Waals surface area contributed by atoms with Gasteiger partial charge in [-0.05, 0) is 37.6 Å². The van der Waals surface area contributed by atoms with Crippen molar-refractivity contribution in [2.24, 2.45) is 0 Å². The molecule has 1 aromatic carbocycles. The van der Waals surface area contributed by atoms with E-state index < -0.39 is 6.09 Å². The van der Waals surface area contributed by atoms with E-state index in [2.05, 4.69) is 15.0 Å². The summed E-state index contributed by atoms with van der Waals surface area (Å²) in [6.45, 7) is 3.77. The number of amides is 1. The van der Waals surface area contributed by atoms with Crippen molar-refractivity contribution in [3.63, 3.8) is 0 Å². The number of ether oxygens (including phenoxy) is 2. The molecule has 110 valence electrons. The fourth-order valence-electron chi connectivity index (χ4n) is 2.14. The fraction of sp³-hybridized carbons (Fsp3) is 0.250. The monoisotopic (exact) mass is 286 g/mol. The van der Waals surface area contributed by atoms with Gasteiger partial charge < -0.3 is 9.47 Å². The summed E-state index contributed by atoms with van der Waals surface area (Å²) in [6.07, 6.45) is -0.515. The van der Waals surface area contributed by atoms with Crippen molar-refractivity contribution < 1.29 is 14.3 Å². The van der Waals surface area contributed by atoms with Gasteiger partial charge in [-0.25, -0.2) is 4.79 Å². The molecule has 0 radical (unpaired) electrons. The first kappa shape index (κ1) is 14.8. The highest BCUT2D eigenvalue weighted by molar-refractivity contribution is 5.92. The highest BCUT2D eigenvalue weighted by Gasteiger charge is 2.13. The Morgan fingerprint density at radius 3 is 2.38 bits per heavy atom. The third kappa shape index (κ3) is 3.31. The van der Waals surface area contributed by atoms with Crippen molar-refractivity contribution >= 4 is 11.8 Å². The van der Waals surface area contributed by atoms with Gasteiger partial charge in [0, 0.05) is 11.3 Å². The van der Waals surface area contributed by atoms with Crippen molar-refractivity contribution in [2.45, 2.75) is 13.8 Å². The van der Waals surface area contributed by atoms with Crippen LogP contribution in [0, 0.1) is 13.8 Å². The predicted molar refractivity (Wildman–Crippen MR) is 81.7 cm³/mol. The van der Waals surface area contributed by atoms with E-state index in [1.165, 1.54) is 7.11 Å². The molecule has 1 aromatic heterocycles. The minimum Gasteiger partial charge on any atom is -0.497 e. The topological polar surface area (TPSA) is 60.5 Å². The van der Waals surface area contributed by atoms with Crippen LogP contribution in [0.1, 0.15) is 11.4 Å². The second kappa shape index (κ2) is 6.26. The van der Waals surface area contributed by atoms with Crippen LogP contribution in [0.2, 0.25) is 0 Å². The van der Waals surface area contributed by atoms with Crippen molar-refractivity contribution in [3.05, 3.63) is 41.7 Å². The molecule has 5 nitrogen and oxygen atoms in total. The van der Waals surface area contributed by atoms with E-state index in [1.807, 2.05) is 44.2 Å². The Morgan fingerprint density at radius 1 is 1.14 bits per heavy atom. The molecular weight excluding hydrogens is 268 g/mol. The summed E-state index contributed by atoms with van der Waals surface area (Å²) in [5, 5.41) is 2.73. The van der Waals surface area contributed by atoms with Gasteiger partial charge in [-0.1, -0.05) is 12.1 Å². The molecule has 2 rings (SSSR count). The Labute approximate surface area is 123 Å². The Balaban J connectivity index is 2.51. The molecular formula is C16H18N2O3. The lowest BCUT2D eigenvalue weighted by atomic mass is 10.0. The zero-order valence-corrected chi connectivity index (χ0v) is 12.6. The number of hydrogen-bond donors (Lipinski definition) is 1. The second-order valence-corrected chi connectivity index (χ2v) is 4.62. The van der Waals surface area contributed by atoms with Crippen LogP contribution >= 0.6 is 0 Å². The summed E-state index contributed by atoms with van der Waals surface area (Å²) in [7, 11) is 2.96. The molecule has 0 atom stereocenters. The highest BCUT2D eigenvalue weighted by Crippen LogP contribution is 2.32. The summed E-state index contributed by atoms with van der Waals surface area (Å²) in [4.78, 5) is 15.9. The minimum atomic E-state index is -0.515. The van der Waals surface area contributed by atoms with Crippen LogP contribution in [-0.4, -0.2) is 25.3 Å². The quantitative estimate of drug-likeness (QED) is 0.937. The molecule has 1 N–H and O–H groups in total. The SMILES string of the molecule is COC(=O)Nc1c(-c2ccc(OC)cc2)cc(C)nc1C. The van der Waals surface area contributed by atoms with Crippen molar-refractivity contribution in [1.82, 2.24) is 4.98 Å². The molecule has 1 heterocycles. The first-order valence-corrected chi connectivity index (χ1v) is 6.52. The van der Waals surface area contributed by atoms with E-state index in [4.69, 9.17) is 4.74 Å². The molecule has 5 heteroatoms. The average Bonchev–Trinajstić information content (AvgIpc) is 2.49. The molecule has 21 heavy (non-hydrogen) atoms. The molecule has 0 aliphatic rings. The predicted octanol–water partition coefficient (Wildman–Crippen LogP) is 3.55.